The molecule has 7 heteroatoms. The molecule has 28 heavy (non-hydrogen) atoms. The molecule has 0 saturated heterocycles. The molecule has 7 nitrogen and oxygen atoms in total. The molecule has 3 N–H and O–H groups in total. The quantitative estimate of drug-likeness (QED) is 0.654. The van der Waals surface area contributed by atoms with E-state index in [1.54, 1.807) is 12.1 Å². The van der Waals surface area contributed by atoms with Crippen LogP contribution in [0.25, 0.3) is 11.6 Å². The van der Waals surface area contributed by atoms with Crippen molar-refractivity contribution in [3.8, 4) is 0 Å². The Kier molecular flexibility index (Phi) is 5.02. The SMILES string of the molecule is Cc1cc2c([nH]1)/C=C1\C(=O)Nc3ccc(cc31)[C@@H](C)OCCOCCNC2=O. The zero-order valence-electron chi connectivity index (χ0n) is 15.9. The Labute approximate surface area is 163 Å². The molecular formula is C21H23N3O4. The highest BCUT2D eigenvalue weighted by atomic mass is 16.5. The van der Waals surface area contributed by atoms with Crippen molar-refractivity contribution >= 4 is 29.2 Å². The van der Waals surface area contributed by atoms with E-state index in [9.17, 15) is 9.59 Å². The number of hydrogen-bond donors (Lipinski definition) is 3. The van der Waals surface area contributed by atoms with Crippen molar-refractivity contribution in [2.24, 2.45) is 0 Å². The van der Waals surface area contributed by atoms with Crippen LogP contribution in [0.2, 0.25) is 0 Å². The standard InChI is InChI=1S/C21H23N3O4/c1-12-9-17-19(23-12)11-16-15-10-14(3-4-18(15)24-21(16)26)13(2)28-8-7-27-6-5-22-20(17)25/h3-4,9-11,13,23H,5-8H2,1-2H3,(H,22,25)(H,24,26)/b16-11-/t13-/m1/s1. The summed E-state index contributed by atoms with van der Waals surface area (Å²) in [6, 6.07) is 7.59. The van der Waals surface area contributed by atoms with Gasteiger partial charge in [0.2, 0.25) is 0 Å². The number of ether oxygens (including phenoxy) is 2. The third-order valence-corrected chi connectivity index (χ3v) is 4.94. The molecule has 2 aliphatic rings. The van der Waals surface area contributed by atoms with Crippen LogP contribution in [0.3, 0.4) is 0 Å². The average molecular weight is 381 g/mol. The summed E-state index contributed by atoms with van der Waals surface area (Å²) in [5.74, 6) is -0.391. The van der Waals surface area contributed by atoms with Crippen LogP contribution in [-0.4, -0.2) is 43.2 Å². The Morgan fingerprint density at radius 3 is 2.75 bits per heavy atom. The van der Waals surface area contributed by atoms with Crippen molar-refractivity contribution in [1.29, 1.82) is 0 Å². The fourth-order valence-electron chi connectivity index (χ4n) is 3.47. The first-order chi connectivity index (χ1) is 13.5. The highest BCUT2D eigenvalue weighted by Crippen LogP contribution is 2.36. The van der Waals surface area contributed by atoms with Crippen LogP contribution < -0.4 is 10.6 Å². The van der Waals surface area contributed by atoms with Gasteiger partial charge < -0.3 is 25.1 Å². The molecule has 146 valence electrons. The van der Waals surface area contributed by atoms with E-state index in [0.717, 1.165) is 22.5 Å². The van der Waals surface area contributed by atoms with E-state index < -0.39 is 0 Å². The van der Waals surface area contributed by atoms with Crippen LogP contribution in [0.4, 0.5) is 5.69 Å². The van der Waals surface area contributed by atoms with Gasteiger partial charge in [0.15, 0.2) is 0 Å². The predicted molar refractivity (Wildman–Crippen MR) is 106 cm³/mol. The lowest BCUT2D eigenvalue weighted by molar-refractivity contribution is -0.110. The first kappa shape index (κ1) is 18.5. The topological polar surface area (TPSA) is 92.5 Å². The van der Waals surface area contributed by atoms with Gasteiger partial charge in [-0.2, -0.15) is 0 Å². The summed E-state index contributed by atoms with van der Waals surface area (Å²) in [6.45, 7) is 5.57. The van der Waals surface area contributed by atoms with Gasteiger partial charge in [-0.05, 0) is 43.7 Å². The zero-order chi connectivity index (χ0) is 19.7. The van der Waals surface area contributed by atoms with Crippen molar-refractivity contribution in [3.05, 3.63) is 52.3 Å². The van der Waals surface area contributed by atoms with Crippen molar-refractivity contribution in [2.45, 2.75) is 20.0 Å². The minimum atomic E-state index is -0.204. The van der Waals surface area contributed by atoms with Gasteiger partial charge in [-0.1, -0.05) is 6.07 Å². The number of carbonyl (C=O) groups is 2. The third kappa shape index (κ3) is 3.58. The Balaban J connectivity index is 1.80. The summed E-state index contributed by atoms with van der Waals surface area (Å²) in [7, 11) is 0. The van der Waals surface area contributed by atoms with Gasteiger partial charge in [0, 0.05) is 23.5 Å². The number of rotatable bonds is 0. The van der Waals surface area contributed by atoms with Gasteiger partial charge in [0.1, 0.15) is 0 Å². The van der Waals surface area contributed by atoms with E-state index in [2.05, 4.69) is 15.6 Å². The van der Waals surface area contributed by atoms with Crippen LogP contribution in [0, 0.1) is 6.92 Å². The predicted octanol–water partition coefficient (Wildman–Crippen LogP) is 2.65. The number of aromatic nitrogens is 1. The van der Waals surface area contributed by atoms with Crippen LogP contribution in [0.15, 0.2) is 24.3 Å². The molecule has 0 saturated carbocycles. The molecular weight excluding hydrogens is 358 g/mol. The van der Waals surface area contributed by atoms with Gasteiger partial charge in [0.05, 0.1) is 42.8 Å². The minimum Gasteiger partial charge on any atom is -0.377 e. The first-order valence-electron chi connectivity index (χ1n) is 9.37. The molecule has 1 aromatic heterocycles. The maximum absolute atomic E-state index is 12.6. The van der Waals surface area contributed by atoms with E-state index in [-0.39, 0.29) is 17.9 Å². The summed E-state index contributed by atoms with van der Waals surface area (Å²) in [5.41, 5.74) is 5.03. The summed E-state index contributed by atoms with van der Waals surface area (Å²) in [4.78, 5) is 28.3. The number of carbonyl (C=O) groups excluding carboxylic acids is 2. The zero-order valence-corrected chi connectivity index (χ0v) is 15.9. The lowest BCUT2D eigenvalue weighted by Crippen LogP contribution is -2.28. The molecule has 1 atom stereocenters. The van der Waals surface area contributed by atoms with E-state index in [0.29, 0.717) is 43.2 Å². The van der Waals surface area contributed by atoms with Gasteiger partial charge in [-0.15, -0.1) is 0 Å². The van der Waals surface area contributed by atoms with Gasteiger partial charge in [-0.25, -0.2) is 0 Å². The Morgan fingerprint density at radius 1 is 1.04 bits per heavy atom. The van der Waals surface area contributed by atoms with Crippen molar-refractivity contribution in [3.63, 3.8) is 0 Å². The molecule has 0 fully saturated rings. The van der Waals surface area contributed by atoms with E-state index in [1.807, 2.05) is 32.0 Å². The summed E-state index contributed by atoms with van der Waals surface area (Å²) in [6.07, 6.45) is 1.61. The highest BCUT2D eigenvalue weighted by Gasteiger charge is 2.26. The van der Waals surface area contributed by atoms with Gasteiger partial charge in [0.25, 0.3) is 11.8 Å². The monoisotopic (exact) mass is 381 g/mol. The second-order valence-corrected chi connectivity index (χ2v) is 6.98. The van der Waals surface area contributed by atoms with Gasteiger partial charge >= 0.3 is 0 Å². The van der Waals surface area contributed by atoms with Crippen molar-refractivity contribution in [1.82, 2.24) is 10.3 Å². The fourth-order valence-corrected chi connectivity index (χ4v) is 3.47. The molecule has 0 spiro atoms. The lowest BCUT2D eigenvalue weighted by Gasteiger charge is -2.15. The molecule has 2 amide bonds. The second-order valence-electron chi connectivity index (χ2n) is 6.98. The molecule has 2 bridgehead atoms. The molecule has 0 aliphatic carbocycles. The normalized spacial score (nSPS) is 22.1. The van der Waals surface area contributed by atoms with Crippen LogP contribution in [0.1, 0.15) is 45.9 Å². The molecule has 0 unspecified atom stereocenters. The average Bonchev–Trinajstić information content (AvgIpc) is 3.19. The van der Waals surface area contributed by atoms with Crippen LogP contribution in [-0.2, 0) is 14.3 Å². The maximum Gasteiger partial charge on any atom is 0.256 e. The number of benzene rings is 1. The lowest BCUT2D eigenvalue weighted by atomic mass is 10.0. The molecule has 2 aromatic rings. The third-order valence-electron chi connectivity index (χ3n) is 4.94. The number of aryl methyl sites for hydroxylation is 1. The molecule has 4 rings (SSSR count). The number of anilines is 1. The van der Waals surface area contributed by atoms with Crippen LogP contribution >= 0.6 is 0 Å². The molecule has 0 radical (unpaired) electrons. The summed E-state index contributed by atoms with van der Waals surface area (Å²) < 4.78 is 11.4. The van der Waals surface area contributed by atoms with Crippen molar-refractivity contribution < 1.29 is 19.1 Å². The number of aromatic amines is 1. The maximum atomic E-state index is 12.6. The highest BCUT2D eigenvalue weighted by molar-refractivity contribution is 6.35. The van der Waals surface area contributed by atoms with Gasteiger partial charge in [-0.3, -0.25) is 9.59 Å². The Bertz CT molecular complexity index is 961. The molecule has 1 aromatic carbocycles. The molecule has 2 aliphatic heterocycles. The number of fused-ring (bicyclic) bond motifs is 2. The summed E-state index contributed by atoms with van der Waals surface area (Å²) >= 11 is 0. The number of amides is 2. The Hall–Kier alpha value is -2.90. The number of H-pyrrole nitrogens is 1. The van der Waals surface area contributed by atoms with Crippen LogP contribution in [0.5, 0.6) is 0 Å². The largest absolute Gasteiger partial charge is 0.377 e. The number of hydrogen-bond acceptors (Lipinski definition) is 4. The summed E-state index contributed by atoms with van der Waals surface area (Å²) in [5, 5.41) is 5.74. The first-order valence-corrected chi connectivity index (χ1v) is 9.37. The van der Waals surface area contributed by atoms with E-state index >= 15 is 0 Å². The molecule has 3 heterocycles. The Morgan fingerprint density at radius 2 is 1.89 bits per heavy atom. The fraction of sp³-hybridized carbons (Fsp3) is 0.333. The van der Waals surface area contributed by atoms with E-state index in [4.69, 9.17) is 9.47 Å². The number of nitrogens with one attached hydrogen (secondary N) is 3. The second kappa shape index (κ2) is 7.61. The minimum absolute atomic E-state index is 0.123. The van der Waals surface area contributed by atoms with Crippen molar-refractivity contribution in [2.75, 3.05) is 31.7 Å². The smallest absolute Gasteiger partial charge is 0.256 e. The van der Waals surface area contributed by atoms with E-state index in [1.165, 1.54) is 0 Å².